The second kappa shape index (κ2) is 19.3. The summed E-state index contributed by atoms with van der Waals surface area (Å²) < 4.78 is 28.2. The van der Waals surface area contributed by atoms with Crippen LogP contribution in [-0.4, -0.2) is 53.5 Å². The summed E-state index contributed by atoms with van der Waals surface area (Å²) in [6, 6.07) is 0. The van der Waals surface area contributed by atoms with Crippen molar-refractivity contribution in [1.29, 1.82) is 0 Å². The van der Waals surface area contributed by atoms with Crippen molar-refractivity contribution >= 4 is 17.5 Å². The normalized spacial score (nSPS) is 22.5. The van der Waals surface area contributed by atoms with Crippen LogP contribution in [0.5, 0.6) is 0 Å². The SMILES string of the molecule is CCCCCCCCC1(O)CC=C(c2c[nH]c(C(=O)O)c2F)CC1.CCCCCCCCC1(O)CCC(c2c[nH]c(C(=O)O)c2F)CC1. The number of aromatic amines is 2. The Morgan fingerprint density at radius 2 is 1.23 bits per heavy atom. The molecule has 10 heteroatoms. The number of aliphatic hydroxyl groups is 2. The second-order valence-electron chi connectivity index (χ2n) is 14.1. The highest BCUT2D eigenvalue weighted by molar-refractivity contribution is 5.88. The molecule has 1 unspecified atom stereocenters. The van der Waals surface area contributed by atoms with Gasteiger partial charge in [-0.2, -0.15) is 0 Å². The molecule has 2 aromatic rings. The van der Waals surface area contributed by atoms with E-state index in [0.29, 0.717) is 56.1 Å². The first kappa shape index (κ1) is 39.5. The van der Waals surface area contributed by atoms with Crippen LogP contribution in [0, 0.1) is 11.6 Å². The largest absolute Gasteiger partial charge is 0.476 e. The van der Waals surface area contributed by atoms with Gasteiger partial charge in [0, 0.05) is 23.5 Å². The molecule has 6 N–H and O–H groups in total. The highest BCUT2D eigenvalue weighted by Gasteiger charge is 2.35. The maximum absolute atomic E-state index is 14.1. The lowest BCUT2D eigenvalue weighted by Gasteiger charge is -2.36. The minimum atomic E-state index is -1.30. The third kappa shape index (κ3) is 11.6. The van der Waals surface area contributed by atoms with Crippen molar-refractivity contribution in [3.05, 3.63) is 52.6 Å². The third-order valence-corrected chi connectivity index (χ3v) is 10.4. The number of carboxylic acids is 2. The van der Waals surface area contributed by atoms with Crippen LogP contribution in [0.2, 0.25) is 0 Å². The van der Waals surface area contributed by atoms with Gasteiger partial charge >= 0.3 is 11.9 Å². The fourth-order valence-electron chi connectivity index (χ4n) is 7.21. The fourth-order valence-corrected chi connectivity index (χ4v) is 7.21. The van der Waals surface area contributed by atoms with Crippen LogP contribution >= 0.6 is 0 Å². The molecule has 0 aliphatic heterocycles. The van der Waals surface area contributed by atoms with Gasteiger partial charge in [0.25, 0.3) is 0 Å². The molecule has 1 atom stereocenters. The van der Waals surface area contributed by atoms with Crippen LogP contribution in [0.4, 0.5) is 8.78 Å². The number of halogens is 2. The number of H-pyrrole nitrogens is 2. The molecule has 0 amide bonds. The number of rotatable bonds is 18. The first-order chi connectivity index (χ1) is 22.9. The Morgan fingerprint density at radius 3 is 1.71 bits per heavy atom. The number of aromatic carboxylic acids is 2. The minimum absolute atomic E-state index is 0.000760. The van der Waals surface area contributed by atoms with Gasteiger partial charge in [-0.3, -0.25) is 0 Å². The summed E-state index contributed by atoms with van der Waals surface area (Å²) in [5.74, 6) is -3.92. The summed E-state index contributed by atoms with van der Waals surface area (Å²) in [7, 11) is 0. The number of hydrogen-bond donors (Lipinski definition) is 6. The zero-order valence-corrected chi connectivity index (χ0v) is 29.0. The first-order valence-corrected chi connectivity index (χ1v) is 18.3. The molecule has 0 saturated heterocycles. The minimum Gasteiger partial charge on any atom is -0.476 e. The van der Waals surface area contributed by atoms with Gasteiger partial charge in [0.15, 0.2) is 23.0 Å². The summed E-state index contributed by atoms with van der Waals surface area (Å²) in [5, 5.41) is 39.2. The van der Waals surface area contributed by atoms with Crippen molar-refractivity contribution in [3.63, 3.8) is 0 Å². The third-order valence-electron chi connectivity index (χ3n) is 10.4. The molecule has 8 nitrogen and oxygen atoms in total. The van der Waals surface area contributed by atoms with E-state index >= 15 is 0 Å². The standard InChI is InChI=1S/C19H30FNO3.C19H28FNO3/c2*1-2-3-4-5-6-7-10-19(24)11-8-14(9-12-19)15-13-21-17(16(15)20)18(22)23/h13-14,21,24H,2-12H2,1H3,(H,22,23);8,13,21,24H,2-7,9-12H2,1H3,(H,22,23). The number of carbonyl (C=O) groups is 2. The Bertz CT molecular complexity index is 1330. The Morgan fingerprint density at radius 1 is 0.729 bits per heavy atom. The highest BCUT2D eigenvalue weighted by atomic mass is 19.1. The van der Waals surface area contributed by atoms with E-state index in [2.05, 4.69) is 23.8 Å². The van der Waals surface area contributed by atoms with Crippen LogP contribution in [-0.2, 0) is 0 Å². The fraction of sp³-hybridized carbons (Fsp3) is 0.684. The Labute approximate surface area is 284 Å². The smallest absolute Gasteiger partial charge is 0.355 e. The lowest BCUT2D eigenvalue weighted by molar-refractivity contribution is -0.0108. The van der Waals surface area contributed by atoms with Crippen LogP contribution in [0.1, 0.15) is 187 Å². The molecule has 0 bridgehead atoms. The van der Waals surface area contributed by atoms with Crippen molar-refractivity contribution in [2.45, 2.75) is 166 Å². The molecule has 1 saturated carbocycles. The highest BCUT2D eigenvalue weighted by Crippen LogP contribution is 2.41. The van der Waals surface area contributed by atoms with E-state index in [-0.39, 0.29) is 11.6 Å². The molecule has 0 spiro atoms. The van der Waals surface area contributed by atoms with Crippen molar-refractivity contribution in [1.82, 2.24) is 9.97 Å². The number of unbranched alkanes of at least 4 members (excludes halogenated alkanes) is 10. The summed E-state index contributed by atoms with van der Waals surface area (Å²) in [6.07, 6.45) is 25.2. The van der Waals surface area contributed by atoms with Crippen molar-refractivity contribution < 1.29 is 38.8 Å². The maximum atomic E-state index is 14.1. The molecule has 48 heavy (non-hydrogen) atoms. The topological polar surface area (TPSA) is 147 Å². The molecule has 0 aromatic carbocycles. The summed E-state index contributed by atoms with van der Waals surface area (Å²) in [5.41, 5.74) is -0.538. The second-order valence-corrected chi connectivity index (χ2v) is 14.1. The van der Waals surface area contributed by atoms with Gasteiger partial charge < -0.3 is 30.4 Å². The molecule has 270 valence electrons. The van der Waals surface area contributed by atoms with Gasteiger partial charge in [-0.05, 0) is 69.3 Å². The van der Waals surface area contributed by atoms with Gasteiger partial charge in [-0.1, -0.05) is 97.0 Å². The van der Waals surface area contributed by atoms with E-state index in [1.54, 1.807) is 0 Å². The molecule has 2 aliphatic rings. The number of nitrogens with one attached hydrogen (secondary N) is 2. The number of carboxylic acid groups (broad SMARTS) is 2. The van der Waals surface area contributed by atoms with E-state index in [1.165, 1.54) is 70.2 Å². The van der Waals surface area contributed by atoms with Crippen molar-refractivity contribution in [3.8, 4) is 0 Å². The summed E-state index contributed by atoms with van der Waals surface area (Å²) in [6.45, 7) is 4.40. The zero-order chi connectivity index (χ0) is 35.2. The lowest BCUT2D eigenvalue weighted by atomic mass is 9.74. The van der Waals surface area contributed by atoms with Gasteiger partial charge in [-0.25, -0.2) is 18.4 Å². The first-order valence-electron chi connectivity index (χ1n) is 18.3. The molecule has 2 heterocycles. The predicted octanol–water partition coefficient (Wildman–Crippen LogP) is 9.89. The molecule has 2 aromatic heterocycles. The van der Waals surface area contributed by atoms with E-state index in [0.717, 1.165) is 37.7 Å². The number of aromatic nitrogens is 2. The quantitative estimate of drug-likeness (QED) is 0.0867. The molecular weight excluding hydrogens is 618 g/mol. The number of hydrogen-bond acceptors (Lipinski definition) is 4. The monoisotopic (exact) mass is 676 g/mol. The van der Waals surface area contributed by atoms with Crippen molar-refractivity contribution in [2.75, 3.05) is 0 Å². The van der Waals surface area contributed by atoms with Gasteiger partial charge in [-0.15, -0.1) is 0 Å². The van der Waals surface area contributed by atoms with E-state index in [4.69, 9.17) is 10.2 Å². The van der Waals surface area contributed by atoms with Crippen LogP contribution in [0.3, 0.4) is 0 Å². The zero-order valence-electron chi connectivity index (χ0n) is 29.0. The van der Waals surface area contributed by atoms with Gasteiger partial charge in [0.1, 0.15) is 0 Å². The Kier molecular flexibility index (Phi) is 15.8. The summed E-state index contributed by atoms with van der Waals surface area (Å²) in [4.78, 5) is 26.8. The van der Waals surface area contributed by atoms with Crippen molar-refractivity contribution in [2.24, 2.45) is 0 Å². The summed E-state index contributed by atoms with van der Waals surface area (Å²) >= 11 is 0. The van der Waals surface area contributed by atoms with Crippen LogP contribution in [0.15, 0.2) is 18.5 Å². The average Bonchev–Trinajstić information content (AvgIpc) is 3.64. The molecule has 1 fully saturated rings. The van der Waals surface area contributed by atoms with Crippen LogP contribution < -0.4 is 0 Å². The molecular formula is C38H58F2N2O6. The predicted molar refractivity (Wildman–Crippen MR) is 184 cm³/mol. The molecule has 0 radical (unpaired) electrons. The molecule has 2 aliphatic carbocycles. The molecule has 4 rings (SSSR count). The van der Waals surface area contributed by atoms with E-state index in [9.17, 15) is 28.6 Å². The Balaban J connectivity index is 0.000000260. The Hall–Kier alpha value is -2.98. The van der Waals surface area contributed by atoms with E-state index < -0.39 is 40.5 Å². The van der Waals surface area contributed by atoms with E-state index in [1.807, 2.05) is 6.08 Å². The van der Waals surface area contributed by atoms with Gasteiger partial charge in [0.2, 0.25) is 0 Å². The maximum Gasteiger partial charge on any atom is 0.355 e. The lowest BCUT2D eigenvalue weighted by Crippen LogP contribution is -2.33. The van der Waals surface area contributed by atoms with Crippen LogP contribution in [0.25, 0.3) is 5.57 Å². The van der Waals surface area contributed by atoms with Gasteiger partial charge in [0.05, 0.1) is 11.2 Å². The average molecular weight is 677 g/mol. The number of allylic oxidation sites excluding steroid dienone is 1.